The fourth-order valence-corrected chi connectivity index (χ4v) is 4.88. The number of carbonyl (C=O) groups excluding carboxylic acids is 2. The first-order chi connectivity index (χ1) is 16.6. The molecule has 0 aliphatic carbocycles. The van der Waals surface area contributed by atoms with Crippen LogP contribution in [0.1, 0.15) is 30.5 Å². The fourth-order valence-electron chi connectivity index (χ4n) is 3.38. The summed E-state index contributed by atoms with van der Waals surface area (Å²) in [6, 6.07) is 20.4. The Hall–Kier alpha value is -3.98. The molecule has 0 bridgehead atoms. The van der Waals surface area contributed by atoms with Gasteiger partial charge in [0.25, 0.3) is 15.9 Å². The van der Waals surface area contributed by atoms with Crippen molar-refractivity contribution in [2.75, 3.05) is 16.2 Å². The molecule has 3 aromatic carbocycles. The van der Waals surface area contributed by atoms with E-state index in [1.165, 1.54) is 19.1 Å². The van der Waals surface area contributed by atoms with Gasteiger partial charge in [-0.15, -0.1) is 0 Å². The number of hydrogen-bond acceptors (Lipinski definition) is 5. The molecule has 0 fully saturated rings. The van der Waals surface area contributed by atoms with E-state index in [2.05, 4.69) is 15.8 Å². The van der Waals surface area contributed by atoms with Gasteiger partial charge in [0, 0.05) is 12.6 Å². The largest absolute Gasteiger partial charge is 0.326 e. The number of nitrogens with zero attached hydrogens (tertiary/aromatic N) is 2. The van der Waals surface area contributed by atoms with Gasteiger partial charge >= 0.3 is 0 Å². The van der Waals surface area contributed by atoms with Crippen LogP contribution in [0.2, 0.25) is 0 Å². The topological polar surface area (TPSA) is 108 Å². The Kier molecular flexibility index (Phi) is 8.03. The van der Waals surface area contributed by atoms with Gasteiger partial charge in [-0.1, -0.05) is 42.5 Å². The van der Waals surface area contributed by atoms with Crippen molar-refractivity contribution >= 4 is 38.9 Å². The van der Waals surface area contributed by atoms with Gasteiger partial charge in [-0.25, -0.2) is 13.8 Å². The van der Waals surface area contributed by atoms with Crippen LogP contribution in [-0.4, -0.2) is 32.5 Å². The fraction of sp³-hybridized carbons (Fsp3) is 0.192. The molecular formula is C26H28N4O4S. The molecule has 2 N–H and O–H groups in total. The van der Waals surface area contributed by atoms with Gasteiger partial charge in [0.15, 0.2) is 0 Å². The number of nitrogens with one attached hydrogen (secondary N) is 2. The highest BCUT2D eigenvalue weighted by atomic mass is 32.2. The van der Waals surface area contributed by atoms with Gasteiger partial charge in [-0.2, -0.15) is 5.10 Å². The van der Waals surface area contributed by atoms with Crippen molar-refractivity contribution in [3.05, 3.63) is 89.5 Å². The number of hydrazone groups is 1. The van der Waals surface area contributed by atoms with Crippen LogP contribution in [-0.2, 0) is 19.6 Å². The number of anilines is 2. The number of hydrogen-bond donors (Lipinski definition) is 2. The molecule has 2 amide bonds. The monoisotopic (exact) mass is 492 g/mol. The summed E-state index contributed by atoms with van der Waals surface area (Å²) in [6.45, 7) is 6.36. The van der Waals surface area contributed by atoms with Crippen LogP contribution in [0.5, 0.6) is 0 Å². The molecule has 0 spiro atoms. The third-order valence-corrected chi connectivity index (χ3v) is 7.00. The Balaban J connectivity index is 1.84. The molecule has 0 radical (unpaired) electrons. The summed E-state index contributed by atoms with van der Waals surface area (Å²) in [4.78, 5) is 24.1. The van der Waals surface area contributed by atoms with Crippen LogP contribution < -0.4 is 15.0 Å². The van der Waals surface area contributed by atoms with Gasteiger partial charge in [0.2, 0.25) is 5.91 Å². The van der Waals surface area contributed by atoms with Crippen molar-refractivity contribution in [3.8, 4) is 0 Å². The van der Waals surface area contributed by atoms with E-state index in [1.807, 2.05) is 19.1 Å². The molecular weight excluding hydrogens is 464 g/mol. The summed E-state index contributed by atoms with van der Waals surface area (Å²) < 4.78 is 28.1. The Bertz CT molecular complexity index is 1350. The highest BCUT2D eigenvalue weighted by Gasteiger charge is 2.28. The van der Waals surface area contributed by atoms with Crippen molar-refractivity contribution < 1.29 is 18.0 Å². The second-order valence-corrected chi connectivity index (χ2v) is 9.97. The zero-order valence-corrected chi connectivity index (χ0v) is 20.9. The molecule has 8 nitrogen and oxygen atoms in total. The Labute approximate surface area is 205 Å². The Morgan fingerprint density at radius 2 is 1.57 bits per heavy atom. The average Bonchev–Trinajstić information content (AvgIpc) is 2.83. The van der Waals surface area contributed by atoms with E-state index in [4.69, 9.17) is 0 Å². The van der Waals surface area contributed by atoms with Crippen molar-refractivity contribution in [1.29, 1.82) is 0 Å². The third-order valence-electron chi connectivity index (χ3n) is 5.22. The predicted octanol–water partition coefficient (Wildman–Crippen LogP) is 4.00. The van der Waals surface area contributed by atoms with Gasteiger partial charge in [0.05, 0.1) is 16.3 Å². The number of carbonyl (C=O) groups is 2. The lowest BCUT2D eigenvalue weighted by Gasteiger charge is -2.25. The number of aryl methyl sites for hydroxylation is 2. The number of sulfonamides is 1. The van der Waals surface area contributed by atoms with E-state index in [0.717, 1.165) is 21.0 Å². The first kappa shape index (κ1) is 25.6. The maximum atomic E-state index is 13.5. The molecule has 0 heterocycles. The minimum atomic E-state index is -4.00. The Morgan fingerprint density at radius 1 is 0.914 bits per heavy atom. The second-order valence-electron chi connectivity index (χ2n) is 8.11. The lowest BCUT2D eigenvalue weighted by atomic mass is 10.1. The molecule has 9 heteroatoms. The molecule has 0 saturated heterocycles. The normalized spacial score (nSPS) is 11.6. The third kappa shape index (κ3) is 6.54. The van der Waals surface area contributed by atoms with Crippen LogP contribution >= 0.6 is 0 Å². The lowest BCUT2D eigenvalue weighted by molar-refractivity contribution is -0.119. The second kappa shape index (κ2) is 11.0. The first-order valence-corrected chi connectivity index (χ1v) is 12.4. The number of rotatable bonds is 8. The van der Waals surface area contributed by atoms with E-state index in [-0.39, 0.29) is 10.8 Å². The Morgan fingerprint density at radius 3 is 2.20 bits per heavy atom. The number of amides is 2. The predicted molar refractivity (Wildman–Crippen MR) is 138 cm³/mol. The molecule has 0 aliphatic heterocycles. The molecule has 0 atom stereocenters. The van der Waals surface area contributed by atoms with Crippen molar-refractivity contribution in [2.24, 2.45) is 5.10 Å². The molecule has 3 aromatic rings. The molecule has 0 saturated carbocycles. The molecule has 0 unspecified atom stereocenters. The maximum absolute atomic E-state index is 13.5. The van der Waals surface area contributed by atoms with Crippen LogP contribution in [0.3, 0.4) is 0 Å². The summed E-state index contributed by atoms with van der Waals surface area (Å²) in [5, 5.41) is 6.82. The molecule has 35 heavy (non-hydrogen) atoms. The van der Waals surface area contributed by atoms with E-state index >= 15 is 0 Å². The van der Waals surface area contributed by atoms with Crippen LogP contribution in [0.15, 0.2) is 82.8 Å². The summed E-state index contributed by atoms with van der Waals surface area (Å²) in [7, 11) is -4.00. The summed E-state index contributed by atoms with van der Waals surface area (Å²) in [5.74, 6) is -0.756. The highest BCUT2D eigenvalue weighted by molar-refractivity contribution is 7.92. The van der Waals surface area contributed by atoms with E-state index in [1.54, 1.807) is 62.4 Å². The molecule has 0 aromatic heterocycles. The van der Waals surface area contributed by atoms with Gasteiger partial charge in [0.1, 0.15) is 6.54 Å². The highest BCUT2D eigenvalue weighted by Crippen LogP contribution is 2.27. The minimum absolute atomic E-state index is 0.0904. The van der Waals surface area contributed by atoms with E-state index < -0.39 is 22.5 Å². The first-order valence-electron chi connectivity index (χ1n) is 10.9. The van der Waals surface area contributed by atoms with Gasteiger partial charge in [-0.05, 0) is 67.8 Å². The lowest BCUT2D eigenvalue weighted by Crippen LogP contribution is -2.40. The summed E-state index contributed by atoms with van der Waals surface area (Å²) in [6.07, 6.45) is 0. The zero-order valence-electron chi connectivity index (χ0n) is 20.1. The van der Waals surface area contributed by atoms with Crippen LogP contribution in [0, 0.1) is 13.8 Å². The minimum Gasteiger partial charge on any atom is -0.326 e. The zero-order chi connectivity index (χ0) is 25.6. The molecule has 182 valence electrons. The van der Waals surface area contributed by atoms with Crippen LogP contribution in [0.25, 0.3) is 0 Å². The van der Waals surface area contributed by atoms with Gasteiger partial charge in [-0.3, -0.25) is 13.9 Å². The molecule has 3 rings (SSSR count). The standard InChI is InChI=1S/C26H28N4O4S/c1-18-10-11-19(2)25(16-18)30(35(33,34)24-8-6-5-7-9-24)17-26(32)29-28-20(3)22-12-14-23(15-13-22)27-21(4)31/h5-16H,17H2,1-4H3,(H,27,31)(H,29,32)/b28-20-. The summed E-state index contributed by atoms with van der Waals surface area (Å²) in [5.41, 5.74) is 6.39. The smallest absolute Gasteiger partial charge is 0.264 e. The van der Waals surface area contributed by atoms with E-state index in [9.17, 15) is 18.0 Å². The maximum Gasteiger partial charge on any atom is 0.264 e. The van der Waals surface area contributed by atoms with Crippen LogP contribution in [0.4, 0.5) is 11.4 Å². The average molecular weight is 493 g/mol. The summed E-state index contributed by atoms with van der Waals surface area (Å²) >= 11 is 0. The quantitative estimate of drug-likeness (QED) is 0.366. The van der Waals surface area contributed by atoms with Crippen molar-refractivity contribution in [1.82, 2.24) is 5.43 Å². The van der Waals surface area contributed by atoms with Crippen molar-refractivity contribution in [3.63, 3.8) is 0 Å². The van der Waals surface area contributed by atoms with Crippen molar-refractivity contribution in [2.45, 2.75) is 32.6 Å². The molecule has 0 aliphatic rings. The number of benzene rings is 3. The van der Waals surface area contributed by atoms with E-state index in [0.29, 0.717) is 17.1 Å². The SMILES string of the molecule is CC(=O)Nc1ccc(/C(C)=N\NC(=O)CN(c2cc(C)ccc2C)S(=O)(=O)c2ccccc2)cc1. The van der Waals surface area contributed by atoms with Gasteiger partial charge < -0.3 is 5.32 Å².